The van der Waals surface area contributed by atoms with E-state index in [4.69, 9.17) is 4.84 Å². The van der Waals surface area contributed by atoms with Crippen molar-refractivity contribution in [1.82, 2.24) is 15.0 Å². The van der Waals surface area contributed by atoms with E-state index in [0.29, 0.717) is 16.0 Å². The van der Waals surface area contributed by atoms with Gasteiger partial charge in [0.05, 0.1) is 11.6 Å². The second-order valence-corrected chi connectivity index (χ2v) is 3.45. The summed E-state index contributed by atoms with van der Waals surface area (Å²) in [5.74, 6) is 0.228. The zero-order chi connectivity index (χ0) is 10.7. The molecule has 0 unspecified atom stereocenters. The van der Waals surface area contributed by atoms with E-state index in [0.717, 1.165) is 5.06 Å². The number of nitrogens with zero attached hydrogens (tertiary/aromatic N) is 3. The van der Waals surface area contributed by atoms with Crippen molar-refractivity contribution in [2.75, 3.05) is 14.2 Å². The fourth-order valence-electron chi connectivity index (χ4n) is 0.837. The molecule has 0 radical (unpaired) electrons. The monoisotopic (exact) mass is 259 g/mol. The third kappa shape index (κ3) is 2.27. The second-order valence-electron chi connectivity index (χ2n) is 2.60. The molecule has 0 saturated carbocycles. The molecule has 0 aliphatic rings. The first-order valence-electron chi connectivity index (χ1n) is 3.87. The molecule has 14 heavy (non-hydrogen) atoms. The number of hydroxylamine groups is 2. The van der Waals surface area contributed by atoms with Gasteiger partial charge in [-0.3, -0.25) is 9.63 Å². The molecule has 1 aromatic rings. The van der Waals surface area contributed by atoms with Crippen LogP contribution in [0.5, 0.6) is 0 Å². The number of aromatic nitrogens is 2. The van der Waals surface area contributed by atoms with E-state index >= 15 is 0 Å². The van der Waals surface area contributed by atoms with Crippen molar-refractivity contribution in [1.29, 1.82) is 0 Å². The Kier molecular flexibility index (Phi) is 3.54. The lowest BCUT2D eigenvalue weighted by molar-refractivity contribution is -0.0761. The molecular weight excluding hydrogens is 250 g/mol. The molecule has 1 aromatic heterocycles. The van der Waals surface area contributed by atoms with E-state index in [1.807, 2.05) is 0 Å². The van der Waals surface area contributed by atoms with Crippen LogP contribution in [0.15, 0.2) is 10.7 Å². The fraction of sp³-hybridized carbons (Fsp3) is 0.375. The molecule has 76 valence electrons. The number of aryl methyl sites for hydroxylation is 1. The SMILES string of the molecule is CON(C)C(=O)c1nc(C)ncc1Br. The summed E-state index contributed by atoms with van der Waals surface area (Å²) in [6.45, 7) is 1.72. The van der Waals surface area contributed by atoms with Gasteiger partial charge in [0.1, 0.15) is 11.5 Å². The fourth-order valence-corrected chi connectivity index (χ4v) is 1.20. The first-order valence-corrected chi connectivity index (χ1v) is 4.67. The molecule has 0 aliphatic carbocycles. The van der Waals surface area contributed by atoms with Crippen LogP contribution in [0.4, 0.5) is 0 Å². The van der Waals surface area contributed by atoms with Gasteiger partial charge in [0.25, 0.3) is 5.91 Å². The molecule has 0 fully saturated rings. The van der Waals surface area contributed by atoms with Crippen LogP contribution < -0.4 is 0 Å². The Labute approximate surface area is 90.2 Å². The van der Waals surface area contributed by atoms with Gasteiger partial charge in [0.15, 0.2) is 0 Å². The maximum absolute atomic E-state index is 11.6. The third-order valence-corrected chi connectivity index (χ3v) is 2.21. The van der Waals surface area contributed by atoms with E-state index in [9.17, 15) is 4.79 Å². The summed E-state index contributed by atoms with van der Waals surface area (Å²) in [5, 5.41) is 1.10. The van der Waals surface area contributed by atoms with Gasteiger partial charge in [-0.15, -0.1) is 0 Å². The van der Waals surface area contributed by atoms with E-state index in [1.54, 1.807) is 13.1 Å². The minimum Gasteiger partial charge on any atom is -0.274 e. The Bertz CT molecular complexity index is 356. The number of rotatable bonds is 2. The Morgan fingerprint density at radius 2 is 2.29 bits per heavy atom. The number of hydrogen-bond acceptors (Lipinski definition) is 4. The highest BCUT2D eigenvalue weighted by Crippen LogP contribution is 2.14. The zero-order valence-electron chi connectivity index (χ0n) is 8.11. The lowest BCUT2D eigenvalue weighted by atomic mass is 10.4. The molecule has 0 saturated heterocycles. The number of halogens is 1. The van der Waals surface area contributed by atoms with E-state index < -0.39 is 0 Å². The van der Waals surface area contributed by atoms with Crippen molar-refractivity contribution in [2.45, 2.75) is 6.92 Å². The highest BCUT2D eigenvalue weighted by atomic mass is 79.9. The van der Waals surface area contributed by atoms with Gasteiger partial charge in [-0.1, -0.05) is 0 Å². The Morgan fingerprint density at radius 3 is 2.86 bits per heavy atom. The Morgan fingerprint density at radius 1 is 1.64 bits per heavy atom. The summed E-state index contributed by atoms with van der Waals surface area (Å²) in [6.07, 6.45) is 1.54. The Balaban J connectivity index is 3.06. The van der Waals surface area contributed by atoms with Crippen molar-refractivity contribution in [3.8, 4) is 0 Å². The molecular formula is C8H10BrN3O2. The molecule has 0 aromatic carbocycles. The minimum absolute atomic E-state index is 0.293. The lowest BCUT2D eigenvalue weighted by Gasteiger charge is -2.13. The highest BCUT2D eigenvalue weighted by Gasteiger charge is 2.16. The summed E-state index contributed by atoms with van der Waals surface area (Å²) in [7, 11) is 2.94. The smallest absolute Gasteiger partial charge is 0.274 e. The zero-order valence-corrected chi connectivity index (χ0v) is 9.70. The van der Waals surface area contributed by atoms with Crippen LogP contribution in [-0.2, 0) is 4.84 Å². The van der Waals surface area contributed by atoms with Gasteiger partial charge >= 0.3 is 0 Å². The van der Waals surface area contributed by atoms with Gasteiger partial charge in [-0.05, 0) is 22.9 Å². The molecule has 1 amide bonds. The lowest BCUT2D eigenvalue weighted by Crippen LogP contribution is -2.27. The maximum Gasteiger partial charge on any atom is 0.297 e. The summed E-state index contributed by atoms with van der Waals surface area (Å²) >= 11 is 3.20. The van der Waals surface area contributed by atoms with Crippen LogP contribution in [0, 0.1) is 6.92 Å². The first kappa shape index (κ1) is 11.1. The maximum atomic E-state index is 11.6. The molecule has 5 nitrogen and oxygen atoms in total. The van der Waals surface area contributed by atoms with Gasteiger partial charge in [-0.2, -0.15) is 0 Å². The molecule has 0 bridgehead atoms. The summed E-state index contributed by atoms with van der Waals surface area (Å²) < 4.78 is 0.553. The number of carbonyl (C=O) groups is 1. The first-order chi connectivity index (χ1) is 6.56. The van der Waals surface area contributed by atoms with Gasteiger partial charge in [-0.25, -0.2) is 15.0 Å². The number of hydrogen-bond donors (Lipinski definition) is 0. The van der Waals surface area contributed by atoms with Gasteiger partial charge in [0.2, 0.25) is 0 Å². The van der Waals surface area contributed by atoms with E-state index in [2.05, 4.69) is 25.9 Å². The molecule has 1 rings (SSSR count). The predicted octanol–water partition coefficient (Wildman–Crippen LogP) is 1.18. The molecule has 0 aliphatic heterocycles. The van der Waals surface area contributed by atoms with Crippen molar-refractivity contribution in [2.24, 2.45) is 0 Å². The van der Waals surface area contributed by atoms with Gasteiger partial charge < -0.3 is 0 Å². The topological polar surface area (TPSA) is 55.3 Å². The number of amides is 1. The van der Waals surface area contributed by atoms with Crippen molar-refractivity contribution in [3.05, 3.63) is 22.2 Å². The summed E-state index contributed by atoms with van der Waals surface area (Å²) in [5.41, 5.74) is 0.293. The number of carbonyl (C=O) groups excluding carboxylic acids is 1. The van der Waals surface area contributed by atoms with Crippen LogP contribution in [0.3, 0.4) is 0 Å². The van der Waals surface area contributed by atoms with Crippen LogP contribution >= 0.6 is 15.9 Å². The van der Waals surface area contributed by atoms with Crippen LogP contribution in [-0.4, -0.2) is 35.1 Å². The quantitative estimate of drug-likeness (QED) is 0.749. The molecule has 0 N–H and O–H groups in total. The van der Waals surface area contributed by atoms with Crippen molar-refractivity contribution in [3.63, 3.8) is 0 Å². The van der Waals surface area contributed by atoms with Crippen molar-refractivity contribution >= 4 is 21.8 Å². The minimum atomic E-state index is -0.315. The Hall–Kier alpha value is -1.01. The molecule has 6 heteroatoms. The summed E-state index contributed by atoms with van der Waals surface area (Å²) in [4.78, 5) is 24.3. The van der Waals surface area contributed by atoms with Crippen LogP contribution in [0.2, 0.25) is 0 Å². The van der Waals surface area contributed by atoms with Crippen LogP contribution in [0.25, 0.3) is 0 Å². The third-order valence-electron chi connectivity index (χ3n) is 1.63. The highest BCUT2D eigenvalue weighted by molar-refractivity contribution is 9.10. The van der Waals surface area contributed by atoms with E-state index in [1.165, 1.54) is 14.2 Å². The van der Waals surface area contributed by atoms with Crippen LogP contribution in [0.1, 0.15) is 16.3 Å². The molecule has 0 atom stereocenters. The largest absolute Gasteiger partial charge is 0.297 e. The standard InChI is InChI=1S/C8H10BrN3O2/c1-5-10-4-6(9)7(11-5)8(13)12(2)14-3/h4H,1-3H3. The summed E-state index contributed by atoms with van der Waals surface area (Å²) in [6, 6.07) is 0. The average molecular weight is 260 g/mol. The molecule has 0 spiro atoms. The second kappa shape index (κ2) is 4.47. The molecule has 1 heterocycles. The van der Waals surface area contributed by atoms with Crippen molar-refractivity contribution < 1.29 is 9.63 Å². The predicted molar refractivity (Wildman–Crippen MR) is 53.6 cm³/mol. The normalized spacial score (nSPS) is 10.0. The van der Waals surface area contributed by atoms with Gasteiger partial charge in [0, 0.05) is 13.2 Å². The van der Waals surface area contributed by atoms with E-state index in [-0.39, 0.29) is 5.91 Å². The average Bonchev–Trinajstić information content (AvgIpc) is 2.19.